The van der Waals surface area contributed by atoms with Gasteiger partial charge >= 0.3 is 0 Å². The van der Waals surface area contributed by atoms with Gasteiger partial charge in [-0.2, -0.15) is 0 Å². The van der Waals surface area contributed by atoms with Gasteiger partial charge in [0.1, 0.15) is 5.84 Å². The molecule has 0 amide bonds. The minimum atomic E-state index is 0.362. The first-order valence-electron chi connectivity index (χ1n) is 8.68. The summed E-state index contributed by atoms with van der Waals surface area (Å²) in [4.78, 5) is 7.58. The summed E-state index contributed by atoms with van der Waals surface area (Å²) in [7, 11) is 0. The van der Waals surface area contributed by atoms with E-state index in [0.717, 1.165) is 25.1 Å². The fourth-order valence-electron chi connectivity index (χ4n) is 3.40. The van der Waals surface area contributed by atoms with Crippen molar-refractivity contribution in [3.05, 3.63) is 65.7 Å². The number of para-hydroxylation sites is 1. The van der Waals surface area contributed by atoms with Crippen molar-refractivity contribution in [3.63, 3.8) is 0 Å². The molecular weight excluding hydrogens is 280 g/mol. The zero-order valence-corrected chi connectivity index (χ0v) is 14.4. The number of amidine groups is 1. The van der Waals surface area contributed by atoms with Crippen LogP contribution in [-0.2, 0) is 6.42 Å². The zero-order valence-electron chi connectivity index (χ0n) is 14.4. The summed E-state index contributed by atoms with van der Waals surface area (Å²) < 4.78 is 0. The van der Waals surface area contributed by atoms with E-state index in [2.05, 4.69) is 80.3 Å². The normalized spacial score (nSPS) is 17.7. The molecule has 0 aliphatic carbocycles. The highest BCUT2D eigenvalue weighted by Crippen LogP contribution is 2.35. The van der Waals surface area contributed by atoms with Gasteiger partial charge in [-0.1, -0.05) is 69.3 Å². The second-order valence-corrected chi connectivity index (χ2v) is 6.58. The lowest BCUT2D eigenvalue weighted by Gasteiger charge is -2.35. The Labute approximate surface area is 139 Å². The number of nitrogens with zero attached hydrogens (tertiary/aromatic N) is 2. The van der Waals surface area contributed by atoms with Gasteiger partial charge in [-0.15, -0.1) is 0 Å². The fraction of sp³-hybridized carbons (Fsp3) is 0.381. The molecule has 0 saturated carbocycles. The van der Waals surface area contributed by atoms with Crippen LogP contribution in [0.3, 0.4) is 0 Å². The van der Waals surface area contributed by atoms with E-state index in [4.69, 9.17) is 4.99 Å². The Kier molecular flexibility index (Phi) is 4.80. The molecule has 2 heteroatoms. The van der Waals surface area contributed by atoms with Crippen molar-refractivity contribution in [2.24, 2.45) is 10.9 Å². The molecule has 1 heterocycles. The number of aliphatic imine (C=N–C) groups is 1. The van der Waals surface area contributed by atoms with Gasteiger partial charge in [0.2, 0.25) is 0 Å². The number of rotatable bonds is 4. The lowest BCUT2D eigenvalue weighted by Crippen LogP contribution is -2.38. The van der Waals surface area contributed by atoms with Crippen LogP contribution in [0.4, 0.5) is 5.69 Å². The van der Waals surface area contributed by atoms with Crippen molar-refractivity contribution in [2.75, 3.05) is 6.54 Å². The number of benzene rings is 2. The monoisotopic (exact) mass is 306 g/mol. The van der Waals surface area contributed by atoms with E-state index >= 15 is 0 Å². The van der Waals surface area contributed by atoms with Crippen LogP contribution in [-0.4, -0.2) is 17.3 Å². The maximum atomic E-state index is 5.06. The molecule has 120 valence electrons. The molecule has 0 spiro atoms. The minimum Gasteiger partial charge on any atom is -0.352 e. The number of fused-ring (bicyclic) bond motifs is 1. The summed E-state index contributed by atoms with van der Waals surface area (Å²) in [6, 6.07) is 19.8. The Balaban J connectivity index is 2.12. The second kappa shape index (κ2) is 6.99. The van der Waals surface area contributed by atoms with Crippen LogP contribution in [0.2, 0.25) is 0 Å². The maximum Gasteiger partial charge on any atom is 0.108 e. The highest BCUT2D eigenvalue weighted by molar-refractivity contribution is 5.88. The van der Waals surface area contributed by atoms with Crippen LogP contribution in [0, 0.1) is 5.92 Å². The predicted octanol–water partition coefficient (Wildman–Crippen LogP) is 5.38. The first kappa shape index (κ1) is 15.8. The topological polar surface area (TPSA) is 15.6 Å². The van der Waals surface area contributed by atoms with Crippen molar-refractivity contribution in [1.29, 1.82) is 0 Å². The molecular formula is C21H26N2. The van der Waals surface area contributed by atoms with Gasteiger partial charge in [0.25, 0.3) is 0 Å². The highest BCUT2D eigenvalue weighted by Gasteiger charge is 2.28. The molecule has 1 atom stereocenters. The van der Waals surface area contributed by atoms with Gasteiger partial charge < -0.3 is 4.90 Å². The van der Waals surface area contributed by atoms with Gasteiger partial charge in [-0.3, -0.25) is 0 Å². The molecule has 1 unspecified atom stereocenters. The SMILES string of the molecule is CCCN1C(C(C)C)=Nc2ccccc2CC1c1ccccc1. The summed E-state index contributed by atoms with van der Waals surface area (Å²) in [5, 5.41) is 0. The van der Waals surface area contributed by atoms with E-state index in [0.29, 0.717) is 12.0 Å². The van der Waals surface area contributed by atoms with Crippen molar-refractivity contribution >= 4 is 11.5 Å². The summed E-state index contributed by atoms with van der Waals surface area (Å²) in [6.07, 6.45) is 2.14. The Morgan fingerprint density at radius 2 is 1.74 bits per heavy atom. The Hall–Kier alpha value is -2.09. The fourth-order valence-corrected chi connectivity index (χ4v) is 3.40. The third-order valence-corrected chi connectivity index (χ3v) is 4.48. The Morgan fingerprint density at radius 3 is 2.43 bits per heavy atom. The molecule has 1 aliphatic rings. The summed E-state index contributed by atoms with van der Waals surface area (Å²) in [5.41, 5.74) is 3.86. The highest BCUT2D eigenvalue weighted by atomic mass is 15.2. The molecule has 0 bridgehead atoms. The van der Waals surface area contributed by atoms with E-state index < -0.39 is 0 Å². The molecule has 0 N–H and O–H groups in total. The third kappa shape index (κ3) is 3.31. The molecule has 23 heavy (non-hydrogen) atoms. The van der Waals surface area contributed by atoms with Crippen molar-refractivity contribution in [3.8, 4) is 0 Å². The molecule has 2 aromatic carbocycles. The van der Waals surface area contributed by atoms with E-state index in [-0.39, 0.29) is 0 Å². The van der Waals surface area contributed by atoms with E-state index in [1.54, 1.807) is 0 Å². The average molecular weight is 306 g/mol. The molecule has 0 fully saturated rings. The minimum absolute atomic E-state index is 0.362. The van der Waals surface area contributed by atoms with E-state index in [1.807, 2.05) is 0 Å². The average Bonchev–Trinajstić information content (AvgIpc) is 2.73. The number of hydrogen-bond donors (Lipinski definition) is 0. The lowest BCUT2D eigenvalue weighted by molar-refractivity contribution is 0.304. The van der Waals surface area contributed by atoms with E-state index in [1.165, 1.54) is 17.0 Å². The maximum absolute atomic E-state index is 5.06. The number of hydrogen-bond acceptors (Lipinski definition) is 2. The molecule has 2 aromatic rings. The van der Waals surface area contributed by atoms with Crippen LogP contribution in [0.1, 0.15) is 44.4 Å². The van der Waals surface area contributed by atoms with Gasteiger partial charge in [-0.25, -0.2) is 4.99 Å². The predicted molar refractivity (Wildman–Crippen MR) is 98.3 cm³/mol. The largest absolute Gasteiger partial charge is 0.352 e. The zero-order chi connectivity index (χ0) is 16.2. The molecule has 3 rings (SSSR count). The summed E-state index contributed by atoms with van der Waals surface area (Å²) in [6.45, 7) is 7.79. The quantitative estimate of drug-likeness (QED) is 0.740. The van der Waals surface area contributed by atoms with E-state index in [9.17, 15) is 0 Å². The summed E-state index contributed by atoms with van der Waals surface area (Å²) >= 11 is 0. The van der Waals surface area contributed by atoms with Crippen molar-refractivity contribution in [1.82, 2.24) is 4.90 Å². The summed E-state index contributed by atoms with van der Waals surface area (Å²) in [5.74, 6) is 1.63. The van der Waals surface area contributed by atoms with Gasteiger partial charge in [-0.05, 0) is 30.0 Å². The van der Waals surface area contributed by atoms with Crippen LogP contribution >= 0.6 is 0 Å². The molecule has 0 aromatic heterocycles. The van der Waals surface area contributed by atoms with Gasteiger partial charge in [0, 0.05) is 12.5 Å². The van der Waals surface area contributed by atoms with Gasteiger partial charge in [0.15, 0.2) is 0 Å². The lowest BCUT2D eigenvalue weighted by atomic mass is 9.96. The van der Waals surface area contributed by atoms with Crippen LogP contribution in [0.15, 0.2) is 59.6 Å². The first-order valence-corrected chi connectivity index (χ1v) is 8.68. The van der Waals surface area contributed by atoms with Gasteiger partial charge in [0.05, 0.1) is 11.7 Å². The molecule has 1 aliphatic heterocycles. The molecule has 0 radical (unpaired) electrons. The Bertz CT molecular complexity index is 673. The molecule has 0 saturated heterocycles. The van der Waals surface area contributed by atoms with Crippen molar-refractivity contribution in [2.45, 2.75) is 39.7 Å². The third-order valence-electron chi connectivity index (χ3n) is 4.48. The van der Waals surface area contributed by atoms with Crippen LogP contribution < -0.4 is 0 Å². The molecule has 2 nitrogen and oxygen atoms in total. The first-order chi connectivity index (χ1) is 11.2. The van der Waals surface area contributed by atoms with Crippen molar-refractivity contribution < 1.29 is 0 Å². The standard InChI is InChI=1S/C21H26N2/c1-4-14-23-20(17-10-6-5-7-11-17)15-18-12-8-9-13-19(18)22-21(23)16(2)3/h5-13,16,20H,4,14-15H2,1-3H3. The van der Waals surface area contributed by atoms with Crippen LogP contribution in [0.25, 0.3) is 0 Å². The smallest absolute Gasteiger partial charge is 0.108 e. The Morgan fingerprint density at radius 1 is 1.04 bits per heavy atom. The van der Waals surface area contributed by atoms with Crippen LogP contribution in [0.5, 0.6) is 0 Å². The second-order valence-electron chi connectivity index (χ2n) is 6.58.